The van der Waals surface area contributed by atoms with E-state index in [1.165, 1.54) is 13.3 Å². The first-order valence-electron chi connectivity index (χ1n) is 6.67. The number of carbonyl (C=O) groups excluding carboxylic acids is 1. The number of rotatable bonds is 8. The van der Waals surface area contributed by atoms with Crippen LogP contribution < -0.4 is 9.47 Å². The van der Waals surface area contributed by atoms with Gasteiger partial charge >= 0.3 is 0 Å². The Hall–Kier alpha value is -1.77. The summed E-state index contributed by atoms with van der Waals surface area (Å²) in [7, 11) is 1.62. The lowest BCUT2D eigenvalue weighted by Crippen LogP contribution is -1.99. The highest BCUT2D eigenvalue weighted by molar-refractivity contribution is 5.91. The highest BCUT2D eigenvalue weighted by atomic mass is 16.5. The Bertz CT molecular complexity index is 436. The molecule has 1 rings (SSSR count). The van der Waals surface area contributed by atoms with Gasteiger partial charge in [0.1, 0.15) is 0 Å². The van der Waals surface area contributed by atoms with Gasteiger partial charge in [-0.05, 0) is 37.1 Å². The number of ether oxygens (including phenoxy) is 2. The van der Waals surface area contributed by atoms with Crippen molar-refractivity contribution in [3.8, 4) is 11.5 Å². The zero-order valence-electron chi connectivity index (χ0n) is 11.9. The molecule has 104 valence electrons. The second-order valence-electron chi connectivity index (χ2n) is 4.41. The Kier molecular flexibility index (Phi) is 6.72. The van der Waals surface area contributed by atoms with Gasteiger partial charge in [0.25, 0.3) is 0 Å². The van der Waals surface area contributed by atoms with E-state index < -0.39 is 0 Å². The average molecular weight is 262 g/mol. The fraction of sp³-hybridized carbons (Fsp3) is 0.438. The quantitative estimate of drug-likeness (QED) is 0.527. The van der Waals surface area contributed by atoms with Crippen LogP contribution in [0.2, 0.25) is 0 Å². The molecule has 0 saturated carbocycles. The van der Waals surface area contributed by atoms with E-state index in [-0.39, 0.29) is 5.78 Å². The molecule has 0 aliphatic carbocycles. The van der Waals surface area contributed by atoms with Crippen molar-refractivity contribution < 1.29 is 14.3 Å². The molecule has 1 aromatic carbocycles. The molecule has 0 aliphatic heterocycles. The zero-order chi connectivity index (χ0) is 14.1. The van der Waals surface area contributed by atoms with Gasteiger partial charge in [0.15, 0.2) is 17.3 Å². The number of benzene rings is 1. The van der Waals surface area contributed by atoms with Gasteiger partial charge in [0.2, 0.25) is 0 Å². The minimum atomic E-state index is 0.0289. The van der Waals surface area contributed by atoms with Gasteiger partial charge in [-0.2, -0.15) is 0 Å². The standard InChI is InChI=1S/C16H22O3/c1-4-5-6-11-19-16-12-14(8-7-13(2)17)9-10-15(16)18-3/h7-10,12H,4-6,11H2,1-3H3/b8-7+. The van der Waals surface area contributed by atoms with Crippen molar-refractivity contribution in [1.29, 1.82) is 0 Å². The average Bonchev–Trinajstić information content (AvgIpc) is 2.41. The molecule has 19 heavy (non-hydrogen) atoms. The largest absolute Gasteiger partial charge is 0.493 e. The van der Waals surface area contributed by atoms with Crippen LogP contribution in [0.25, 0.3) is 6.08 Å². The Morgan fingerprint density at radius 2 is 2.05 bits per heavy atom. The van der Waals surface area contributed by atoms with Crippen molar-refractivity contribution in [1.82, 2.24) is 0 Å². The molecule has 0 aromatic heterocycles. The molecule has 0 aliphatic rings. The Morgan fingerprint density at radius 3 is 2.68 bits per heavy atom. The first kappa shape index (κ1) is 15.3. The molecule has 0 radical (unpaired) electrons. The lowest BCUT2D eigenvalue weighted by Gasteiger charge is -2.11. The van der Waals surface area contributed by atoms with Crippen LogP contribution in [0.3, 0.4) is 0 Å². The van der Waals surface area contributed by atoms with Gasteiger partial charge in [0, 0.05) is 0 Å². The van der Waals surface area contributed by atoms with Crippen LogP contribution in [0.4, 0.5) is 0 Å². The fourth-order valence-electron chi connectivity index (χ4n) is 1.66. The lowest BCUT2D eigenvalue weighted by molar-refractivity contribution is -0.112. The molecule has 0 amide bonds. The summed E-state index contributed by atoms with van der Waals surface area (Å²) in [5, 5.41) is 0. The summed E-state index contributed by atoms with van der Waals surface area (Å²) in [5.74, 6) is 1.47. The van der Waals surface area contributed by atoms with Crippen LogP contribution in [-0.2, 0) is 4.79 Å². The topological polar surface area (TPSA) is 35.5 Å². The third-order valence-corrected chi connectivity index (χ3v) is 2.70. The van der Waals surface area contributed by atoms with Crippen molar-refractivity contribution in [2.75, 3.05) is 13.7 Å². The van der Waals surface area contributed by atoms with E-state index in [0.29, 0.717) is 6.61 Å². The first-order chi connectivity index (χ1) is 9.17. The molecule has 0 unspecified atom stereocenters. The Balaban J connectivity index is 2.75. The predicted octanol–water partition coefficient (Wildman–Crippen LogP) is 3.87. The first-order valence-corrected chi connectivity index (χ1v) is 6.67. The maximum absolute atomic E-state index is 10.9. The SMILES string of the molecule is CCCCCOc1cc(/C=C/C(C)=O)ccc1OC. The van der Waals surface area contributed by atoms with Gasteiger partial charge in [-0.15, -0.1) is 0 Å². The third-order valence-electron chi connectivity index (χ3n) is 2.70. The van der Waals surface area contributed by atoms with Crippen LogP contribution >= 0.6 is 0 Å². The van der Waals surface area contributed by atoms with Gasteiger partial charge in [-0.3, -0.25) is 4.79 Å². The molecular formula is C16H22O3. The number of ketones is 1. The van der Waals surface area contributed by atoms with Gasteiger partial charge in [-0.1, -0.05) is 31.9 Å². The number of allylic oxidation sites excluding steroid dienone is 1. The van der Waals surface area contributed by atoms with Crippen molar-refractivity contribution >= 4 is 11.9 Å². The number of hydrogen-bond acceptors (Lipinski definition) is 3. The van der Waals surface area contributed by atoms with E-state index >= 15 is 0 Å². The summed E-state index contributed by atoms with van der Waals surface area (Å²) in [5.41, 5.74) is 0.932. The van der Waals surface area contributed by atoms with E-state index in [1.807, 2.05) is 18.2 Å². The summed E-state index contributed by atoms with van der Waals surface area (Å²) >= 11 is 0. The molecule has 0 fully saturated rings. The number of methoxy groups -OCH3 is 1. The Morgan fingerprint density at radius 1 is 1.26 bits per heavy atom. The second kappa shape index (κ2) is 8.35. The molecule has 0 bridgehead atoms. The highest BCUT2D eigenvalue weighted by Crippen LogP contribution is 2.28. The molecule has 0 spiro atoms. The van der Waals surface area contributed by atoms with Crippen molar-refractivity contribution in [3.63, 3.8) is 0 Å². The zero-order valence-corrected chi connectivity index (χ0v) is 11.9. The van der Waals surface area contributed by atoms with Crippen molar-refractivity contribution in [2.45, 2.75) is 33.1 Å². The van der Waals surface area contributed by atoms with Crippen LogP contribution in [0, 0.1) is 0 Å². The molecule has 0 atom stereocenters. The summed E-state index contributed by atoms with van der Waals surface area (Å²) in [6, 6.07) is 5.65. The summed E-state index contributed by atoms with van der Waals surface area (Å²) in [6.07, 6.45) is 6.69. The van der Waals surface area contributed by atoms with E-state index in [4.69, 9.17) is 9.47 Å². The maximum Gasteiger partial charge on any atom is 0.161 e. The van der Waals surface area contributed by atoms with Gasteiger partial charge in [0.05, 0.1) is 13.7 Å². The summed E-state index contributed by atoms with van der Waals surface area (Å²) in [4.78, 5) is 10.9. The Labute approximate surface area is 115 Å². The van der Waals surface area contributed by atoms with Crippen LogP contribution in [-0.4, -0.2) is 19.5 Å². The smallest absolute Gasteiger partial charge is 0.161 e. The minimum Gasteiger partial charge on any atom is -0.493 e. The van der Waals surface area contributed by atoms with E-state index in [1.54, 1.807) is 19.3 Å². The molecular weight excluding hydrogens is 240 g/mol. The monoisotopic (exact) mass is 262 g/mol. The molecule has 0 saturated heterocycles. The van der Waals surface area contributed by atoms with Crippen LogP contribution in [0.5, 0.6) is 11.5 Å². The molecule has 1 aromatic rings. The van der Waals surface area contributed by atoms with Crippen molar-refractivity contribution in [2.24, 2.45) is 0 Å². The molecule has 3 nitrogen and oxygen atoms in total. The van der Waals surface area contributed by atoms with E-state index in [9.17, 15) is 4.79 Å². The van der Waals surface area contributed by atoms with Gasteiger partial charge in [-0.25, -0.2) is 0 Å². The minimum absolute atomic E-state index is 0.0289. The fourth-order valence-corrected chi connectivity index (χ4v) is 1.66. The summed E-state index contributed by atoms with van der Waals surface area (Å²) in [6.45, 7) is 4.38. The summed E-state index contributed by atoms with van der Waals surface area (Å²) < 4.78 is 11.0. The molecule has 3 heteroatoms. The van der Waals surface area contributed by atoms with Crippen molar-refractivity contribution in [3.05, 3.63) is 29.8 Å². The number of unbranched alkanes of at least 4 members (excludes halogenated alkanes) is 2. The highest BCUT2D eigenvalue weighted by Gasteiger charge is 2.04. The number of hydrogen-bond donors (Lipinski definition) is 0. The lowest BCUT2D eigenvalue weighted by atomic mass is 10.1. The molecule has 0 N–H and O–H groups in total. The van der Waals surface area contributed by atoms with Gasteiger partial charge < -0.3 is 9.47 Å². The third kappa shape index (κ3) is 5.60. The van der Waals surface area contributed by atoms with E-state index in [2.05, 4.69) is 6.92 Å². The van der Waals surface area contributed by atoms with Crippen LogP contribution in [0.15, 0.2) is 24.3 Å². The van der Waals surface area contributed by atoms with E-state index in [0.717, 1.165) is 29.9 Å². The normalized spacial score (nSPS) is 10.7. The maximum atomic E-state index is 10.9. The second-order valence-corrected chi connectivity index (χ2v) is 4.41. The predicted molar refractivity (Wildman–Crippen MR) is 77.7 cm³/mol. The molecule has 0 heterocycles. The number of carbonyl (C=O) groups is 1. The van der Waals surface area contributed by atoms with Crippen LogP contribution in [0.1, 0.15) is 38.7 Å².